The van der Waals surface area contributed by atoms with Crippen LogP contribution in [0.4, 0.5) is 4.79 Å². The molecule has 0 bridgehead atoms. The summed E-state index contributed by atoms with van der Waals surface area (Å²) in [4.78, 5) is 26.7. The number of nitrogens with two attached hydrogens (primary N) is 1. The van der Waals surface area contributed by atoms with Crippen molar-refractivity contribution in [1.29, 1.82) is 0 Å². The predicted molar refractivity (Wildman–Crippen MR) is 86.4 cm³/mol. The van der Waals surface area contributed by atoms with Crippen LogP contribution in [0.25, 0.3) is 0 Å². The number of aromatic nitrogens is 1. The summed E-state index contributed by atoms with van der Waals surface area (Å²) >= 11 is 0. The van der Waals surface area contributed by atoms with Crippen LogP contribution in [0.1, 0.15) is 15.9 Å². The minimum Gasteiger partial charge on any atom is -0.351 e. The molecule has 24 heavy (non-hydrogen) atoms. The molecular weight excluding hydrogens is 332 g/mol. The van der Waals surface area contributed by atoms with Gasteiger partial charge in [-0.1, -0.05) is 12.1 Å². The van der Waals surface area contributed by atoms with E-state index in [9.17, 15) is 18.0 Å². The molecule has 1 heterocycles. The molecular formula is C15H16N4O4S. The molecule has 1 aromatic heterocycles. The first kappa shape index (κ1) is 17.4. The van der Waals surface area contributed by atoms with E-state index in [1.54, 1.807) is 24.3 Å². The number of hydrogen-bond acceptors (Lipinski definition) is 5. The fraction of sp³-hybridized carbons (Fsp3) is 0.133. The molecule has 0 fully saturated rings. The zero-order chi connectivity index (χ0) is 17.7. The number of carbonyl (C=O) groups is 2. The van der Waals surface area contributed by atoms with E-state index in [1.807, 2.05) is 0 Å². The highest BCUT2D eigenvalue weighted by molar-refractivity contribution is 7.89. The zero-order valence-corrected chi connectivity index (χ0v) is 13.7. The highest BCUT2D eigenvalue weighted by Crippen LogP contribution is 2.15. The maximum absolute atomic E-state index is 12.1. The second-order valence-electron chi connectivity index (χ2n) is 4.87. The van der Waals surface area contributed by atoms with E-state index in [1.165, 1.54) is 24.5 Å². The van der Waals surface area contributed by atoms with Crippen molar-refractivity contribution in [3.63, 3.8) is 0 Å². The fourth-order valence-corrected chi connectivity index (χ4v) is 2.88. The van der Waals surface area contributed by atoms with Crippen molar-refractivity contribution in [1.82, 2.24) is 14.6 Å². The number of amides is 3. The Morgan fingerprint density at radius 3 is 2.25 bits per heavy atom. The first-order valence-corrected chi connectivity index (χ1v) is 8.32. The summed E-state index contributed by atoms with van der Waals surface area (Å²) in [5.41, 5.74) is 6.17. The van der Waals surface area contributed by atoms with Gasteiger partial charge in [-0.15, -0.1) is 0 Å². The largest absolute Gasteiger partial charge is 0.351 e. The Labute approximate surface area is 139 Å². The Bertz CT molecular complexity index is 836. The molecule has 0 spiro atoms. The van der Waals surface area contributed by atoms with Gasteiger partial charge in [0.15, 0.2) is 0 Å². The Kier molecular flexibility index (Phi) is 5.14. The van der Waals surface area contributed by atoms with E-state index in [0.717, 1.165) is 7.05 Å². The van der Waals surface area contributed by atoms with Crippen molar-refractivity contribution in [3.05, 3.63) is 59.9 Å². The van der Waals surface area contributed by atoms with Crippen LogP contribution in [-0.4, -0.2) is 36.7 Å². The van der Waals surface area contributed by atoms with Crippen molar-refractivity contribution >= 4 is 22.0 Å². The number of sulfonamides is 1. The maximum atomic E-state index is 12.1. The van der Waals surface area contributed by atoms with E-state index < -0.39 is 16.1 Å². The summed E-state index contributed by atoms with van der Waals surface area (Å²) in [6.07, 6.45) is 3.04. The Balaban J connectivity index is 2.05. The molecule has 3 N–H and O–H groups in total. The molecule has 0 unspecified atom stereocenters. The summed E-state index contributed by atoms with van der Waals surface area (Å²) < 4.78 is 24.6. The van der Waals surface area contributed by atoms with E-state index >= 15 is 0 Å². The normalized spacial score (nSPS) is 10.9. The molecule has 0 saturated heterocycles. The number of nitrogens with one attached hydrogen (secondary N) is 1. The molecule has 3 amide bonds. The van der Waals surface area contributed by atoms with Crippen LogP contribution in [0.3, 0.4) is 0 Å². The lowest BCUT2D eigenvalue weighted by molar-refractivity contribution is 0.0950. The lowest BCUT2D eigenvalue weighted by atomic mass is 10.2. The molecule has 0 atom stereocenters. The van der Waals surface area contributed by atoms with Crippen LogP contribution in [0.5, 0.6) is 0 Å². The summed E-state index contributed by atoms with van der Waals surface area (Å²) in [7, 11) is -2.88. The van der Waals surface area contributed by atoms with E-state index in [-0.39, 0.29) is 17.3 Å². The molecule has 0 aliphatic carbocycles. The highest BCUT2D eigenvalue weighted by atomic mass is 32.2. The van der Waals surface area contributed by atoms with Gasteiger partial charge >= 0.3 is 6.03 Å². The summed E-state index contributed by atoms with van der Waals surface area (Å²) in [5.74, 6) is -0.262. The molecule has 2 aromatic rings. The number of hydrogen-bond donors (Lipinski definition) is 2. The highest BCUT2D eigenvalue weighted by Gasteiger charge is 2.23. The van der Waals surface area contributed by atoms with Crippen molar-refractivity contribution in [2.24, 2.45) is 5.73 Å². The molecule has 9 heteroatoms. The molecule has 1 aromatic carbocycles. The standard InChI is InChI=1S/C15H16N4O4S/c1-19(15(16)21)24(22,23)13-4-2-11(3-5-13)10-18-14(20)12-6-8-17-9-7-12/h2-9H,10H2,1H3,(H2,16,21)(H,18,20). The van der Waals surface area contributed by atoms with Crippen molar-refractivity contribution in [3.8, 4) is 0 Å². The van der Waals surface area contributed by atoms with Gasteiger partial charge < -0.3 is 11.1 Å². The fourth-order valence-electron chi connectivity index (χ4n) is 1.84. The van der Waals surface area contributed by atoms with Crippen molar-refractivity contribution in [2.75, 3.05) is 7.05 Å². The van der Waals surface area contributed by atoms with Gasteiger partial charge in [0, 0.05) is 31.5 Å². The third-order valence-corrected chi connectivity index (χ3v) is 5.06. The number of primary amides is 1. The number of nitrogens with zero attached hydrogens (tertiary/aromatic N) is 2. The molecule has 0 aliphatic heterocycles. The summed E-state index contributed by atoms with van der Waals surface area (Å²) in [6.45, 7) is 0.229. The van der Waals surface area contributed by atoms with Gasteiger partial charge in [-0.25, -0.2) is 17.5 Å². The van der Waals surface area contributed by atoms with Crippen molar-refractivity contribution < 1.29 is 18.0 Å². The Morgan fingerprint density at radius 1 is 1.12 bits per heavy atom. The molecule has 0 radical (unpaired) electrons. The van der Waals surface area contributed by atoms with Gasteiger partial charge in [0.1, 0.15) is 0 Å². The topological polar surface area (TPSA) is 122 Å². The summed E-state index contributed by atoms with van der Waals surface area (Å²) in [6, 6.07) is 7.91. The zero-order valence-electron chi connectivity index (χ0n) is 12.8. The smallest absolute Gasteiger partial charge is 0.328 e. The summed E-state index contributed by atoms with van der Waals surface area (Å²) in [5, 5.41) is 2.71. The number of urea groups is 1. The minimum absolute atomic E-state index is 0.0620. The van der Waals surface area contributed by atoms with Gasteiger partial charge in [0.05, 0.1) is 4.90 Å². The lowest BCUT2D eigenvalue weighted by Gasteiger charge is -2.15. The van der Waals surface area contributed by atoms with Gasteiger partial charge in [-0.3, -0.25) is 9.78 Å². The second kappa shape index (κ2) is 7.09. The van der Waals surface area contributed by atoms with Gasteiger partial charge in [-0.05, 0) is 29.8 Å². The molecule has 126 valence electrons. The molecule has 0 aliphatic rings. The first-order chi connectivity index (χ1) is 11.3. The van der Waals surface area contributed by atoms with Crippen LogP contribution in [0.15, 0.2) is 53.7 Å². The van der Waals surface area contributed by atoms with Crippen molar-refractivity contribution in [2.45, 2.75) is 11.4 Å². The quantitative estimate of drug-likeness (QED) is 0.824. The van der Waals surface area contributed by atoms with Crippen LogP contribution in [0.2, 0.25) is 0 Å². The van der Waals surface area contributed by atoms with Gasteiger partial charge in [0.25, 0.3) is 15.9 Å². The lowest BCUT2D eigenvalue weighted by Crippen LogP contribution is -2.37. The van der Waals surface area contributed by atoms with Crippen LogP contribution < -0.4 is 11.1 Å². The Hall–Kier alpha value is -2.94. The first-order valence-electron chi connectivity index (χ1n) is 6.88. The van der Waals surface area contributed by atoms with Crippen LogP contribution in [0, 0.1) is 0 Å². The van der Waals surface area contributed by atoms with Crippen LogP contribution >= 0.6 is 0 Å². The molecule has 8 nitrogen and oxygen atoms in total. The average Bonchev–Trinajstić information content (AvgIpc) is 2.60. The molecule has 0 saturated carbocycles. The molecule has 2 rings (SSSR count). The van der Waals surface area contributed by atoms with E-state index in [2.05, 4.69) is 10.3 Å². The average molecular weight is 348 g/mol. The number of carbonyl (C=O) groups excluding carboxylic acids is 2. The number of pyridine rings is 1. The number of rotatable bonds is 5. The van der Waals surface area contributed by atoms with Crippen LogP contribution in [-0.2, 0) is 16.6 Å². The third kappa shape index (κ3) is 3.87. The second-order valence-corrected chi connectivity index (χ2v) is 6.84. The van der Waals surface area contributed by atoms with E-state index in [0.29, 0.717) is 15.4 Å². The predicted octanol–water partition coefficient (Wildman–Crippen LogP) is 0.711. The SMILES string of the molecule is CN(C(N)=O)S(=O)(=O)c1ccc(CNC(=O)c2ccncc2)cc1. The Morgan fingerprint density at radius 2 is 1.71 bits per heavy atom. The van der Waals surface area contributed by atoms with Gasteiger partial charge in [0.2, 0.25) is 0 Å². The minimum atomic E-state index is -3.96. The monoisotopic (exact) mass is 348 g/mol. The maximum Gasteiger partial charge on any atom is 0.328 e. The third-order valence-electron chi connectivity index (χ3n) is 3.29. The number of benzene rings is 1. The van der Waals surface area contributed by atoms with Gasteiger partial charge in [-0.2, -0.15) is 0 Å². The van der Waals surface area contributed by atoms with E-state index in [4.69, 9.17) is 5.73 Å².